The first-order valence-electron chi connectivity index (χ1n) is 7.66. The maximum atomic E-state index is 6.22. The second-order valence-corrected chi connectivity index (χ2v) is 6.85. The number of hydrogen-bond donors (Lipinski definition) is 1. The zero-order valence-electron chi connectivity index (χ0n) is 12.2. The Hall–Kier alpha value is -1.18. The normalized spacial score (nSPS) is 25.3. The summed E-state index contributed by atoms with van der Waals surface area (Å²) in [6.45, 7) is 5.81. The molecule has 0 bridgehead atoms. The minimum absolute atomic E-state index is 0.394. The Kier molecular flexibility index (Phi) is 3.42. The molecule has 0 saturated heterocycles. The van der Waals surface area contributed by atoms with E-state index in [0.29, 0.717) is 11.5 Å². The van der Waals surface area contributed by atoms with Crippen LogP contribution in [-0.2, 0) is 6.42 Å². The van der Waals surface area contributed by atoms with Gasteiger partial charge in [-0.05, 0) is 55.6 Å². The lowest BCUT2D eigenvalue weighted by Gasteiger charge is -2.35. The van der Waals surface area contributed by atoms with Gasteiger partial charge in [0.15, 0.2) is 0 Å². The first-order chi connectivity index (χ1) is 9.12. The van der Waals surface area contributed by atoms with Crippen LogP contribution in [0.5, 0.6) is 5.75 Å². The van der Waals surface area contributed by atoms with Crippen molar-refractivity contribution < 1.29 is 4.74 Å². The van der Waals surface area contributed by atoms with Gasteiger partial charge in [-0.1, -0.05) is 19.9 Å². The summed E-state index contributed by atoms with van der Waals surface area (Å²) in [5.74, 6) is 1.04. The summed E-state index contributed by atoms with van der Waals surface area (Å²) in [6.07, 6.45) is 7.83. The topological polar surface area (TPSA) is 21.3 Å². The van der Waals surface area contributed by atoms with Crippen molar-refractivity contribution in [1.82, 2.24) is 0 Å². The van der Waals surface area contributed by atoms with Crippen LogP contribution in [0, 0.1) is 5.41 Å². The van der Waals surface area contributed by atoms with Crippen molar-refractivity contribution in [3.05, 3.63) is 23.8 Å². The summed E-state index contributed by atoms with van der Waals surface area (Å²) < 4.78 is 6.22. The molecule has 1 N–H and O–H groups in total. The van der Waals surface area contributed by atoms with Crippen LogP contribution in [-0.4, -0.2) is 12.6 Å². The third-order valence-corrected chi connectivity index (χ3v) is 4.48. The lowest BCUT2D eigenvalue weighted by Crippen LogP contribution is -2.30. The zero-order chi connectivity index (χ0) is 13.3. The monoisotopic (exact) mass is 259 g/mol. The third-order valence-electron chi connectivity index (χ3n) is 4.48. The van der Waals surface area contributed by atoms with Crippen LogP contribution in [0.1, 0.15) is 51.5 Å². The molecular weight excluding hydrogens is 234 g/mol. The highest BCUT2D eigenvalue weighted by Crippen LogP contribution is 2.37. The van der Waals surface area contributed by atoms with E-state index in [1.807, 2.05) is 0 Å². The zero-order valence-corrected chi connectivity index (χ0v) is 12.2. The van der Waals surface area contributed by atoms with Gasteiger partial charge in [-0.25, -0.2) is 0 Å². The van der Waals surface area contributed by atoms with Crippen molar-refractivity contribution in [2.24, 2.45) is 5.41 Å². The summed E-state index contributed by atoms with van der Waals surface area (Å²) in [5, 5.41) is 3.48. The molecule has 2 nitrogen and oxygen atoms in total. The number of aryl methyl sites for hydroxylation is 1. The Labute approximate surface area is 116 Å². The Morgan fingerprint density at radius 1 is 1.26 bits per heavy atom. The number of ether oxygens (including phenoxy) is 1. The molecule has 1 aliphatic heterocycles. The van der Waals surface area contributed by atoms with Crippen molar-refractivity contribution in [1.29, 1.82) is 0 Å². The molecule has 19 heavy (non-hydrogen) atoms. The number of fused-ring (bicyclic) bond motifs is 1. The van der Waals surface area contributed by atoms with E-state index in [4.69, 9.17) is 4.74 Å². The fourth-order valence-electron chi connectivity index (χ4n) is 3.44. The summed E-state index contributed by atoms with van der Waals surface area (Å²) >= 11 is 0. The minimum atomic E-state index is 0.394. The Bertz CT molecular complexity index is 453. The average Bonchev–Trinajstić information content (AvgIpc) is 2.37. The smallest absolute Gasteiger partial charge is 0.121 e. The average molecular weight is 259 g/mol. The molecule has 1 atom stereocenters. The van der Waals surface area contributed by atoms with Gasteiger partial charge < -0.3 is 10.1 Å². The Morgan fingerprint density at radius 2 is 2.16 bits per heavy atom. The van der Waals surface area contributed by atoms with Gasteiger partial charge in [-0.2, -0.15) is 0 Å². The lowest BCUT2D eigenvalue weighted by molar-refractivity contribution is 0.0851. The van der Waals surface area contributed by atoms with Crippen LogP contribution in [0.4, 0.5) is 5.69 Å². The summed E-state index contributed by atoms with van der Waals surface area (Å²) in [6, 6.07) is 6.56. The minimum Gasteiger partial charge on any atom is -0.490 e. The number of hydrogen-bond acceptors (Lipinski definition) is 2. The van der Waals surface area contributed by atoms with Gasteiger partial charge in [0.1, 0.15) is 5.75 Å². The van der Waals surface area contributed by atoms with Crippen LogP contribution >= 0.6 is 0 Å². The molecule has 0 radical (unpaired) electrons. The van der Waals surface area contributed by atoms with E-state index >= 15 is 0 Å². The van der Waals surface area contributed by atoms with Crippen LogP contribution < -0.4 is 10.1 Å². The second-order valence-electron chi connectivity index (χ2n) is 6.85. The highest BCUT2D eigenvalue weighted by molar-refractivity contribution is 5.56. The maximum Gasteiger partial charge on any atom is 0.121 e. The number of anilines is 1. The van der Waals surface area contributed by atoms with Crippen molar-refractivity contribution >= 4 is 5.69 Å². The van der Waals surface area contributed by atoms with Crippen LogP contribution in [0.25, 0.3) is 0 Å². The van der Waals surface area contributed by atoms with E-state index in [1.54, 1.807) is 0 Å². The second kappa shape index (κ2) is 5.07. The van der Waals surface area contributed by atoms with Crippen molar-refractivity contribution in [2.75, 3.05) is 11.9 Å². The van der Waals surface area contributed by atoms with Gasteiger partial charge in [0, 0.05) is 18.3 Å². The molecule has 0 aromatic heterocycles. The Balaban J connectivity index is 1.69. The molecular formula is C17H25NO. The van der Waals surface area contributed by atoms with Gasteiger partial charge in [0.05, 0.1) is 6.10 Å². The highest BCUT2D eigenvalue weighted by atomic mass is 16.5. The standard InChI is InChI=1S/C17H25NO/c1-17(2)9-3-6-15(12-17)19-14-8-7-13-5-4-10-18-16(13)11-14/h7-8,11,15,18H,3-6,9-10,12H2,1-2H3. The fraction of sp³-hybridized carbons (Fsp3) is 0.647. The van der Waals surface area contributed by atoms with Gasteiger partial charge in [0.25, 0.3) is 0 Å². The molecule has 1 unspecified atom stereocenters. The lowest BCUT2D eigenvalue weighted by atomic mass is 9.76. The van der Waals surface area contributed by atoms with Gasteiger partial charge in [-0.15, -0.1) is 0 Å². The molecule has 104 valence electrons. The van der Waals surface area contributed by atoms with Gasteiger partial charge in [0.2, 0.25) is 0 Å². The molecule has 3 rings (SSSR count). The van der Waals surface area contributed by atoms with E-state index in [1.165, 1.54) is 49.8 Å². The van der Waals surface area contributed by atoms with E-state index in [2.05, 4.69) is 37.4 Å². The van der Waals surface area contributed by atoms with E-state index in [0.717, 1.165) is 12.3 Å². The SMILES string of the molecule is CC1(C)CCCC(Oc2ccc3c(c2)NCCC3)C1. The predicted molar refractivity (Wildman–Crippen MR) is 79.9 cm³/mol. The largest absolute Gasteiger partial charge is 0.490 e. The first kappa shape index (κ1) is 12.8. The van der Waals surface area contributed by atoms with Gasteiger partial charge >= 0.3 is 0 Å². The quantitative estimate of drug-likeness (QED) is 0.850. The van der Waals surface area contributed by atoms with Crippen molar-refractivity contribution in [2.45, 2.75) is 58.5 Å². The van der Waals surface area contributed by atoms with E-state index < -0.39 is 0 Å². The fourth-order valence-corrected chi connectivity index (χ4v) is 3.44. The molecule has 0 amide bonds. The van der Waals surface area contributed by atoms with Crippen LogP contribution in [0.2, 0.25) is 0 Å². The molecule has 1 heterocycles. The highest BCUT2D eigenvalue weighted by Gasteiger charge is 2.29. The van der Waals surface area contributed by atoms with E-state index in [9.17, 15) is 0 Å². The number of nitrogens with one attached hydrogen (secondary N) is 1. The molecule has 1 saturated carbocycles. The molecule has 1 aliphatic carbocycles. The number of benzene rings is 1. The summed E-state index contributed by atoms with van der Waals surface area (Å²) in [5.41, 5.74) is 3.15. The Morgan fingerprint density at radius 3 is 3.00 bits per heavy atom. The van der Waals surface area contributed by atoms with Crippen LogP contribution in [0.15, 0.2) is 18.2 Å². The summed E-state index contributed by atoms with van der Waals surface area (Å²) in [4.78, 5) is 0. The third kappa shape index (κ3) is 3.05. The van der Waals surface area contributed by atoms with Crippen LogP contribution in [0.3, 0.4) is 0 Å². The van der Waals surface area contributed by atoms with Crippen molar-refractivity contribution in [3.63, 3.8) is 0 Å². The molecule has 2 aliphatic rings. The summed E-state index contributed by atoms with van der Waals surface area (Å²) in [7, 11) is 0. The van der Waals surface area contributed by atoms with E-state index in [-0.39, 0.29) is 0 Å². The molecule has 0 spiro atoms. The molecule has 1 fully saturated rings. The predicted octanol–water partition coefficient (Wildman–Crippen LogP) is 4.39. The maximum absolute atomic E-state index is 6.22. The first-order valence-corrected chi connectivity index (χ1v) is 7.66. The van der Waals surface area contributed by atoms with Crippen molar-refractivity contribution in [3.8, 4) is 5.75 Å². The molecule has 2 heteroatoms. The molecule has 1 aromatic rings. The number of rotatable bonds is 2. The molecule has 1 aromatic carbocycles. The van der Waals surface area contributed by atoms with Gasteiger partial charge in [-0.3, -0.25) is 0 Å².